The van der Waals surface area contributed by atoms with E-state index in [4.69, 9.17) is 4.74 Å². The fourth-order valence-corrected chi connectivity index (χ4v) is 1.45. The minimum Gasteiger partial charge on any atom is -0.454 e. The summed E-state index contributed by atoms with van der Waals surface area (Å²) >= 11 is 0. The van der Waals surface area contributed by atoms with Gasteiger partial charge in [-0.1, -0.05) is 38.0 Å². The van der Waals surface area contributed by atoms with Crippen LogP contribution in [-0.4, -0.2) is 18.4 Å². The minimum absolute atomic E-state index is 0.0114. The zero-order valence-corrected chi connectivity index (χ0v) is 10.1. The summed E-state index contributed by atoms with van der Waals surface area (Å²) in [7, 11) is 0. The molecule has 0 aliphatic rings. The Morgan fingerprint density at radius 1 is 1.12 bits per heavy atom. The smallest absolute Gasteiger partial charge is 0.338 e. The molecule has 0 heterocycles. The van der Waals surface area contributed by atoms with E-state index in [1.165, 1.54) is 0 Å². The molecule has 0 radical (unpaired) electrons. The second-order valence-electron chi connectivity index (χ2n) is 3.94. The molecule has 3 nitrogen and oxygen atoms in total. The first-order valence-corrected chi connectivity index (χ1v) is 5.98. The highest BCUT2D eigenvalue weighted by atomic mass is 16.5. The zero-order valence-electron chi connectivity index (χ0n) is 10.1. The van der Waals surface area contributed by atoms with Gasteiger partial charge in [-0.25, -0.2) is 4.79 Å². The first kappa shape index (κ1) is 13.4. The van der Waals surface area contributed by atoms with Crippen molar-refractivity contribution >= 4 is 11.8 Å². The van der Waals surface area contributed by atoms with Gasteiger partial charge in [-0.2, -0.15) is 0 Å². The number of ether oxygens (including phenoxy) is 1. The molecule has 3 heteroatoms. The summed E-state index contributed by atoms with van der Waals surface area (Å²) in [4.78, 5) is 22.9. The molecular formula is C14H18O3. The third-order valence-electron chi connectivity index (χ3n) is 2.43. The molecule has 0 amide bonds. The lowest BCUT2D eigenvalue weighted by molar-refractivity contribution is -0.122. The molecule has 0 bridgehead atoms. The van der Waals surface area contributed by atoms with E-state index in [0.717, 1.165) is 19.3 Å². The molecule has 1 aromatic rings. The first-order chi connectivity index (χ1) is 8.24. The highest BCUT2D eigenvalue weighted by molar-refractivity contribution is 5.91. The molecule has 1 aromatic carbocycles. The molecule has 0 aliphatic heterocycles. The maximum absolute atomic E-state index is 11.5. The third kappa shape index (κ3) is 5.29. The van der Waals surface area contributed by atoms with Crippen molar-refractivity contribution in [2.24, 2.45) is 0 Å². The van der Waals surface area contributed by atoms with Crippen LogP contribution in [0.4, 0.5) is 0 Å². The number of rotatable bonds is 7. The number of esters is 1. The van der Waals surface area contributed by atoms with Crippen molar-refractivity contribution in [2.75, 3.05) is 6.61 Å². The third-order valence-corrected chi connectivity index (χ3v) is 2.43. The summed E-state index contributed by atoms with van der Waals surface area (Å²) in [6.45, 7) is 1.97. The van der Waals surface area contributed by atoms with Gasteiger partial charge < -0.3 is 4.74 Å². The number of carbonyl (C=O) groups excluding carboxylic acids is 2. The number of unbranched alkanes of at least 4 members (excludes halogenated alkanes) is 2. The zero-order chi connectivity index (χ0) is 12.5. The van der Waals surface area contributed by atoms with E-state index < -0.39 is 5.97 Å². The summed E-state index contributed by atoms with van der Waals surface area (Å²) < 4.78 is 4.93. The van der Waals surface area contributed by atoms with Crippen LogP contribution in [0, 0.1) is 0 Å². The van der Waals surface area contributed by atoms with Crippen LogP contribution in [0.5, 0.6) is 0 Å². The predicted octanol–water partition coefficient (Wildman–Crippen LogP) is 2.99. The molecule has 0 fully saturated rings. The monoisotopic (exact) mass is 234 g/mol. The van der Waals surface area contributed by atoms with Crippen molar-refractivity contribution in [3.8, 4) is 0 Å². The molecular weight excluding hydrogens is 216 g/mol. The molecule has 0 aromatic heterocycles. The summed E-state index contributed by atoms with van der Waals surface area (Å²) in [5, 5.41) is 0. The lowest BCUT2D eigenvalue weighted by atomic mass is 10.1. The van der Waals surface area contributed by atoms with Gasteiger partial charge in [-0.05, 0) is 18.6 Å². The molecule has 0 saturated heterocycles. The number of benzene rings is 1. The summed E-state index contributed by atoms with van der Waals surface area (Å²) in [5.74, 6) is -0.447. The molecule has 0 atom stereocenters. The van der Waals surface area contributed by atoms with E-state index in [1.807, 2.05) is 6.07 Å². The first-order valence-electron chi connectivity index (χ1n) is 5.98. The maximum atomic E-state index is 11.5. The average molecular weight is 234 g/mol. The van der Waals surface area contributed by atoms with Crippen molar-refractivity contribution < 1.29 is 14.3 Å². The van der Waals surface area contributed by atoms with Gasteiger partial charge in [0.2, 0.25) is 0 Å². The molecule has 0 aliphatic carbocycles. The predicted molar refractivity (Wildman–Crippen MR) is 65.9 cm³/mol. The Balaban J connectivity index is 2.26. The standard InChI is InChI=1S/C14H18O3/c1-2-3-5-10-13(15)11-17-14(16)12-8-6-4-7-9-12/h4,6-9H,2-3,5,10-11H2,1H3. The van der Waals surface area contributed by atoms with Crippen LogP contribution in [0.2, 0.25) is 0 Å². The van der Waals surface area contributed by atoms with Crippen molar-refractivity contribution in [1.82, 2.24) is 0 Å². The highest BCUT2D eigenvalue weighted by Crippen LogP contribution is 2.03. The highest BCUT2D eigenvalue weighted by Gasteiger charge is 2.09. The summed E-state index contributed by atoms with van der Waals surface area (Å²) in [6, 6.07) is 8.69. The Bertz CT molecular complexity index is 357. The van der Waals surface area contributed by atoms with Crippen LogP contribution in [0.25, 0.3) is 0 Å². The van der Waals surface area contributed by atoms with E-state index in [9.17, 15) is 9.59 Å². The Hall–Kier alpha value is -1.64. The Morgan fingerprint density at radius 2 is 1.82 bits per heavy atom. The van der Waals surface area contributed by atoms with Crippen LogP contribution in [0.3, 0.4) is 0 Å². The summed E-state index contributed by atoms with van der Waals surface area (Å²) in [6.07, 6.45) is 3.49. The quantitative estimate of drug-likeness (QED) is 0.538. The van der Waals surface area contributed by atoms with Crippen molar-refractivity contribution in [2.45, 2.75) is 32.6 Å². The van der Waals surface area contributed by atoms with Crippen molar-refractivity contribution in [1.29, 1.82) is 0 Å². The van der Waals surface area contributed by atoms with Gasteiger partial charge in [0.1, 0.15) is 6.61 Å². The number of hydrogen-bond donors (Lipinski definition) is 0. The maximum Gasteiger partial charge on any atom is 0.338 e. The van der Waals surface area contributed by atoms with E-state index in [2.05, 4.69) is 6.92 Å². The number of hydrogen-bond acceptors (Lipinski definition) is 3. The molecule has 0 N–H and O–H groups in total. The fourth-order valence-electron chi connectivity index (χ4n) is 1.45. The molecule has 1 rings (SSSR count). The molecule has 17 heavy (non-hydrogen) atoms. The van der Waals surface area contributed by atoms with Gasteiger partial charge in [0.25, 0.3) is 0 Å². The normalized spacial score (nSPS) is 9.94. The molecule has 0 spiro atoms. The van der Waals surface area contributed by atoms with E-state index in [1.54, 1.807) is 24.3 Å². The number of carbonyl (C=O) groups is 2. The van der Waals surface area contributed by atoms with Crippen LogP contribution >= 0.6 is 0 Å². The van der Waals surface area contributed by atoms with Crippen molar-refractivity contribution in [3.05, 3.63) is 35.9 Å². The number of ketones is 1. The second-order valence-corrected chi connectivity index (χ2v) is 3.94. The van der Waals surface area contributed by atoms with Gasteiger partial charge in [-0.15, -0.1) is 0 Å². The molecule has 0 unspecified atom stereocenters. The van der Waals surface area contributed by atoms with Gasteiger partial charge in [0.15, 0.2) is 5.78 Å². The minimum atomic E-state index is -0.436. The van der Waals surface area contributed by atoms with Gasteiger partial charge in [0, 0.05) is 6.42 Å². The van der Waals surface area contributed by atoms with Gasteiger partial charge in [0.05, 0.1) is 5.56 Å². The van der Waals surface area contributed by atoms with E-state index in [-0.39, 0.29) is 12.4 Å². The van der Waals surface area contributed by atoms with Crippen LogP contribution < -0.4 is 0 Å². The summed E-state index contributed by atoms with van der Waals surface area (Å²) in [5.41, 5.74) is 0.480. The Morgan fingerprint density at radius 3 is 2.47 bits per heavy atom. The lowest BCUT2D eigenvalue weighted by Crippen LogP contribution is -2.13. The molecule has 92 valence electrons. The van der Waals surface area contributed by atoms with Crippen molar-refractivity contribution in [3.63, 3.8) is 0 Å². The van der Waals surface area contributed by atoms with E-state index >= 15 is 0 Å². The fraction of sp³-hybridized carbons (Fsp3) is 0.429. The second kappa shape index (κ2) is 7.60. The van der Waals surface area contributed by atoms with Crippen LogP contribution in [-0.2, 0) is 9.53 Å². The van der Waals surface area contributed by atoms with E-state index in [0.29, 0.717) is 12.0 Å². The van der Waals surface area contributed by atoms with Crippen LogP contribution in [0.15, 0.2) is 30.3 Å². The average Bonchev–Trinajstić information content (AvgIpc) is 2.37. The SMILES string of the molecule is CCCCCC(=O)COC(=O)c1ccccc1. The van der Waals surface area contributed by atoms with Gasteiger partial charge >= 0.3 is 5.97 Å². The van der Waals surface area contributed by atoms with Crippen LogP contribution in [0.1, 0.15) is 43.0 Å². The molecule has 0 saturated carbocycles. The number of Topliss-reactive ketones (excluding diaryl/α,β-unsaturated/α-hetero) is 1. The topological polar surface area (TPSA) is 43.4 Å². The Kier molecular flexibility index (Phi) is 6.00. The van der Waals surface area contributed by atoms with Gasteiger partial charge in [-0.3, -0.25) is 4.79 Å². The Labute approximate surface area is 102 Å². The lowest BCUT2D eigenvalue weighted by Gasteiger charge is -2.03. The largest absolute Gasteiger partial charge is 0.454 e.